The summed E-state index contributed by atoms with van der Waals surface area (Å²) in [5.74, 6) is -0.347. The second-order valence-corrected chi connectivity index (χ2v) is 4.58. The molecule has 2 heterocycles. The van der Waals surface area contributed by atoms with Crippen LogP contribution in [-0.2, 0) is 4.74 Å². The molecule has 6 heteroatoms. The quantitative estimate of drug-likeness (QED) is 0.854. The van der Waals surface area contributed by atoms with Gasteiger partial charge in [-0.05, 0) is 25.8 Å². The Bertz CT molecular complexity index is 456. The average Bonchev–Trinajstić information content (AvgIpc) is 2.40. The fourth-order valence-electron chi connectivity index (χ4n) is 2.33. The molecule has 1 aliphatic heterocycles. The van der Waals surface area contributed by atoms with Crippen LogP contribution in [0.4, 0.5) is 11.5 Å². The second-order valence-electron chi connectivity index (χ2n) is 4.58. The molecular formula is C13H19N3O3. The molecule has 0 amide bonds. The van der Waals surface area contributed by atoms with Crippen molar-refractivity contribution in [2.75, 3.05) is 30.3 Å². The van der Waals surface area contributed by atoms with Gasteiger partial charge >= 0.3 is 5.97 Å². The summed E-state index contributed by atoms with van der Waals surface area (Å²) in [4.78, 5) is 17.1. The minimum absolute atomic E-state index is 0.116. The van der Waals surface area contributed by atoms with Crippen molar-refractivity contribution in [1.82, 2.24) is 4.98 Å². The molecule has 1 saturated heterocycles. The molecule has 1 aromatic rings. The Morgan fingerprint density at radius 2 is 2.26 bits per heavy atom. The number of nitrogens with zero attached hydrogens (tertiary/aromatic N) is 2. The number of aromatic carboxylic acids is 1. The third kappa shape index (κ3) is 3.14. The lowest BCUT2D eigenvalue weighted by Crippen LogP contribution is -2.38. The predicted molar refractivity (Wildman–Crippen MR) is 72.5 cm³/mol. The molecule has 1 aromatic heterocycles. The van der Waals surface area contributed by atoms with Crippen molar-refractivity contribution in [2.24, 2.45) is 0 Å². The number of nitrogen functional groups attached to an aromatic ring is 1. The first kappa shape index (κ1) is 13.6. The van der Waals surface area contributed by atoms with E-state index in [1.807, 2.05) is 6.92 Å². The maximum atomic E-state index is 10.8. The molecule has 6 nitrogen and oxygen atoms in total. The molecule has 0 radical (unpaired) electrons. The lowest BCUT2D eigenvalue weighted by molar-refractivity contribution is 0.0458. The predicted octanol–water partition coefficient (Wildman–Crippen LogP) is 1.37. The van der Waals surface area contributed by atoms with Gasteiger partial charge in [0.15, 0.2) is 5.82 Å². The molecule has 2 rings (SSSR count). The summed E-state index contributed by atoms with van der Waals surface area (Å²) in [6.07, 6.45) is 3.54. The first-order chi connectivity index (χ1) is 9.11. The monoisotopic (exact) mass is 265 g/mol. The van der Waals surface area contributed by atoms with Crippen LogP contribution in [0.1, 0.15) is 30.1 Å². The molecule has 0 atom stereocenters. The van der Waals surface area contributed by atoms with Crippen LogP contribution < -0.4 is 10.6 Å². The molecule has 3 N–H and O–H groups in total. The fraction of sp³-hybridized carbons (Fsp3) is 0.538. The Kier molecular flexibility index (Phi) is 4.21. The first-order valence-electron chi connectivity index (χ1n) is 6.47. The largest absolute Gasteiger partial charge is 0.478 e. The third-order valence-electron chi connectivity index (χ3n) is 3.29. The summed E-state index contributed by atoms with van der Waals surface area (Å²) in [7, 11) is 0. The normalized spacial score (nSPS) is 16.6. The zero-order valence-corrected chi connectivity index (χ0v) is 11.0. The fourth-order valence-corrected chi connectivity index (χ4v) is 2.33. The molecule has 0 aliphatic carbocycles. The van der Waals surface area contributed by atoms with Crippen LogP contribution in [0.2, 0.25) is 0 Å². The van der Waals surface area contributed by atoms with Gasteiger partial charge in [0, 0.05) is 25.9 Å². The van der Waals surface area contributed by atoms with Gasteiger partial charge in [-0.1, -0.05) is 0 Å². The van der Waals surface area contributed by atoms with E-state index in [0.717, 1.165) is 32.5 Å². The van der Waals surface area contributed by atoms with Crippen LogP contribution in [0, 0.1) is 0 Å². The molecule has 0 spiro atoms. The lowest BCUT2D eigenvalue weighted by atomic mass is 10.1. The van der Waals surface area contributed by atoms with Crippen molar-refractivity contribution in [3.05, 3.63) is 17.8 Å². The summed E-state index contributed by atoms with van der Waals surface area (Å²) < 4.78 is 5.59. The van der Waals surface area contributed by atoms with Gasteiger partial charge in [0.25, 0.3) is 0 Å². The summed E-state index contributed by atoms with van der Waals surface area (Å²) in [6, 6.07) is 1.46. The minimum Gasteiger partial charge on any atom is -0.478 e. The Labute approximate surface area is 112 Å². The number of piperidine rings is 1. The van der Waals surface area contributed by atoms with E-state index in [9.17, 15) is 4.79 Å². The third-order valence-corrected chi connectivity index (χ3v) is 3.29. The highest BCUT2D eigenvalue weighted by Gasteiger charge is 2.22. The van der Waals surface area contributed by atoms with Gasteiger partial charge in [-0.15, -0.1) is 0 Å². The van der Waals surface area contributed by atoms with E-state index in [4.69, 9.17) is 15.6 Å². The number of pyridine rings is 1. The molecule has 19 heavy (non-hydrogen) atoms. The van der Waals surface area contributed by atoms with Crippen molar-refractivity contribution in [3.63, 3.8) is 0 Å². The molecule has 1 aliphatic rings. The minimum atomic E-state index is -1.01. The Balaban J connectivity index is 2.05. The molecule has 0 bridgehead atoms. The number of ether oxygens (including phenoxy) is 1. The van der Waals surface area contributed by atoms with Gasteiger partial charge in [0.05, 0.1) is 17.4 Å². The van der Waals surface area contributed by atoms with Gasteiger partial charge < -0.3 is 20.5 Å². The van der Waals surface area contributed by atoms with E-state index in [1.165, 1.54) is 12.3 Å². The van der Waals surface area contributed by atoms with Gasteiger partial charge in [-0.2, -0.15) is 0 Å². The van der Waals surface area contributed by atoms with Crippen LogP contribution in [0.3, 0.4) is 0 Å². The number of nitrogens with two attached hydrogens (primary N) is 1. The SMILES string of the molecule is CCOC1CCN(c2ncc(C(=O)O)cc2N)CC1. The highest BCUT2D eigenvalue weighted by Crippen LogP contribution is 2.25. The summed E-state index contributed by atoms with van der Waals surface area (Å²) >= 11 is 0. The topological polar surface area (TPSA) is 88.7 Å². The standard InChI is InChI=1S/C13H19N3O3/c1-2-19-10-3-5-16(6-4-10)12-11(14)7-9(8-15-12)13(17)18/h7-8,10H,2-6,14H2,1H3,(H,17,18). The average molecular weight is 265 g/mol. The first-order valence-corrected chi connectivity index (χ1v) is 6.47. The maximum Gasteiger partial charge on any atom is 0.337 e. The molecule has 0 saturated carbocycles. The van der Waals surface area contributed by atoms with E-state index >= 15 is 0 Å². The Morgan fingerprint density at radius 1 is 1.58 bits per heavy atom. The lowest BCUT2D eigenvalue weighted by Gasteiger charge is -2.33. The maximum absolute atomic E-state index is 10.8. The highest BCUT2D eigenvalue weighted by atomic mass is 16.5. The van der Waals surface area contributed by atoms with Gasteiger partial charge in [-0.3, -0.25) is 0 Å². The van der Waals surface area contributed by atoms with Crippen LogP contribution in [-0.4, -0.2) is 41.9 Å². The molecule has 104 valence electrons. The van der Waals surface area contributed by atoms with E-state index < -0.39 is 5.97 Å². The number of hydrogen-bond donors (Lipinski definition) is 2. The van der Waals surface area contributed by atoms with Crippen LogP contribution >= 0.6 is 0 Å². The van der Waals surface area contributed by atoms with Crippen molar-refractivity contribution < 1.29 is 14.6 Å². The van der Waals surface area contributed by atoms with E-state index in [-0.39, 0.29) is 5.56 Å². The Morgan fingerprint density at radius 3 is 2.79 bits per heavy atom. The number of aromatic nitrogens is 1. The van der Waals surface area contributed by atoms with Crippen molar-refractivity contribution in [2.45, 2.75) is 25.9 Å². The van der Waals surface area contributed by atoms with E-state index in [1.54, 1.807) is 0 Å². The summed E-state index contributed by atoms with van der Waals surface area (Å²) in [5, 5.41) is 8.88. The molecule has 0 unspecified atom stereocenters. The zero-order valence-electron chi connectivity index (χ0n) is 11.0. The van der Waals surface area contributed by atoms with Crippen LogP contribution in [0.25, 0.3) is 0 Å². The van der Waals surface area contributed by atoms with Gasteiger partial charge in [-0.25, -0.2) is 9.78 Å². The highest BCUT2D eigenvalue weighted by molar-refractivity contribution is 5.89. The van der Waals surface area contributed by atoms with Crippen LogP contribution in [0.15, 0.2) is 12.3 Å². The number of rotatable bonds is 4. The number of carboxylic acid groups (broad SMARTS) is 1. The molecular weight excluding hydrogens is 246 g/mol. The number of hydrogen-bond acceptors (Lipinski definition) is 5. The zero-order chi connectivity index (χ0) is 13.8. The van der Waals surface area contributed by atoms with E-state index in [0.29, 0.717) is 17.6 Å². The van der Waals surface area contributed by atoms with Crippen molar-refractivity contribution >= 4 is 17.5 Å². The van der Waals surface area contributed by atoms with Crippen LogP contribution in [0.5, 0.6) is 0 Å². The van der Waals surface area contributed by atoms with Gasteiger partial charge in [0.1, 0.15) is 0 Å². The van der Waals surface area contributed by atoms with Crippen molar-refractivity contribution in [1.29, 1.82) is 0 Å². The Hall–Kier alpha value is -1.82. The molecule has 0 aromatic carbocycles. The number of carbonyl (C=O) groups is 1. The number of carboxylic acids is 1. The smallest absolute Gasteiger partial charge is 0.337 e. The number of anilines is 2. The summed E-state index contributed by atoms with van der Waals surface area (Å²) in [6.45, 7) is 4.39. The summed E-state index contributed by atoms with van der Waals surface area (Å²) in [5.41, 5.74) is 6.41. The van der Waals surface area contributed by atoms with Crippen molar-refractivity contribution in [3.8, 4) is 0 Å². The van der Waals surface area contributed by atoms with Gasteiger partial charge in [0.2, 0.25) is 0 Å². The second kappa shape index (κ2) is 5.88. The van der Waals surface area contributed by atoms with E-state index in [2.05, 4.69) is 9.88 Å². The molecule has 1 fully saturated rings.